The molecule has 6 nitrogen and oxygen atoms in total. The predicted octanol–water partition coefficient (Wildman–Crippen LogP) is 2.11. The van der Waals surface area contributed by atoms with Gasteiger partial charge >= 0.3 is 0 Å². The maximum Gasteiger partial charge on any atom is 0.231 e. The van der Waals surface area contributed by atoms with Gasteiger partial charge in [0, 0.05) is 25.7 Å². The molecule has 6 heteroatoms. The van der Waals surface area contributed by atoms with Crippen LogP contribution in [0.4, 0.5) is 17.8 Å². The number of hydrogen-bond donors (Lipinski definition) is 2. The van der Waals surface area contributed by atoms with Gasteiger partial charge in [0.15, 0.2) is 0 Å². The Morgan fingerprint density at radius 1 is 1.11 bits per heavy atom. The molecule has 0 bridgehead atoms. The molecule has 1 aliphatic rings. The summed E-state index contributed by atoms with van der Waals surface area (Å²) in [5, 5.41) is 6.50. The molecule has 0 amide bonds. The molecule has 106 valence electrons. The third-order valence-electron chi connectivity index (χ3n) is 2.96. The first-order chi connectivity index (χ1) is 9.19. The Morgan fingerprint density at radius 3 is 2.42 bits per heavy atom. The van der Waals surface area contributed by atoms with Gasteiger partial charge in [0.2, 0.25) is 17.8 Å². The van der Waals surface area contributed by atoms with E-state index in [1.54, 1.807) is 0 Å². The van der Waals surface area contributed by atoms with Gasteiger partial charge < -0.3 is 15.5 Å². The molecule has 0 unspecified atom stereocenters. The molecule has 1 aliphatic heterocycles. The molecule has 0 spiro atoms. The van der Waals surface area contributed by atoms with Crippen molar-refractivity contribution in [1.82, 2.24) is 15.0 Å². The zero-order valence-electron chi connectivity index (χ0n) is 12.1. The molecule has 1 aromatic heterocycles. The summed E-state index contributed by atoms with van der Waals surface area (Å²) in [6, 6.07) is 0.313. The van der Waals surface area contributed by atoms with Crippen LogP contribution >= 0.6 is 0 Å². The third-order valence-corrected chi connectivity index (χ3v) is 2.96. The Bertz CT molecular complexity index is 400. The van der Waals surface area contributed by atoms with E-state index < -0.39 is 0 Å². The van der Waals surface area contributed by atoms with Crippen molar-refractivity contribution in [2.75, 3.05) is 35.2 Å². The minimum absolute atomic E-state index is 0.313. The summed E-state index contributed by atoms with van der Waals surface area (Å²) in [7, 11) is 0. The lowest BCUT2D eigenvalue weighted by atomic mass is 10.4. The monoisotopic (exact) mass is 264 g/mol. The molecule has 1 aromatic rings. The molecule has 1 fully saturated rings. The highest BCUT2D eigenvalue weighted by Crippen LogP contribution is 2.18. The maximum atomic E-state index is 4.52. The van der Waals surface area contributed by atoms with E-state index in [4.69, 9.17) is 0 Å². The SMILES string of the molecule is CCCNc1nc(NC(C)C)nc(N2CCCC2)n1. The fraction of sp³-hybridized carbons (Fsp3) is 0.769. The average molecular weight is 264 g/mol. The van der Waals surface area contributed by atoms with E-state index in [0.717, 1.165) is 32.0 Å². The first-order valence-electron chi connectivity index (χ1n) is 7.20. The van der Waals surface area contributed by atoms with Crippen LogP contribution in [0.5, 0.6) is 0 Å². The van der Waals surface area contributed by atoms with Crippen LogP contribution in [0.1, 0.15) is 40.0 Å². The first-order valence-corrected chi connectivity index (χ1v) is 7.20. The fourth-order valence-electron chi connectivity index (χ4n) is 2.06. The fourth-order valence-corrected chi connectivity index (χ4v) is 2.06. The smallest absolute Gasteiger partial charge is 0.231 e. The van der Waals surface area contributed by atoms with E-state index >= 15 is 0 Å². The van der Waals surface area contributed by atoms with Crippen molar-refractivity contribution in [3.63, 3.8) is 0 Å². The quantitative estimate of drug-likeness (QED) is 0.820. The molecular formula is C13H24N6. The van der Waals surface area contributed by atoms with Gasteiger partial charge in [-0.25, -0.2) is 0 Å². The third kappa shape index (κ3) is 3.94. The van der Waals surface area contributed by atoms with Crippen molar-refractivity contribution in [2.45, 2.75) is 46.1 Å². The second kappa shape index (κ2) is 6.54. The molecule has 0 saturated carbocycles. The van der Waals surface area contributed by atoms with Gasteiger partial charge in [0.1, 0.15) is 0 Å². The highest BCUT2D eigenvalue weighted by atomic mass is 15.3. The number of nitrogens with one attached hydrogen (secondary N) is 2. The lowest BCUT2D eigenvalue weighted by Gasteiger charge is -2.18. The lowest BCUT2D eigenvalue weighted by molar-refractivity contribution is 0.838. The Hall–Kier alpha value is -1.59. The highest BCUT2D eigenvalue weighted by Gasteiger charge is 2.17. The van der Waals surface area contributed by atoms with Gasteiger partial charge in [-0.3, -0.25) is 0 Å². The zero-order chi connectivity index (χ0) is 13.7. The summed E-state index contributed by atoms with van der Waals surface area (Å²) in [5.41, 5.74) is 0. The van der Waals surface area contributed by atoms with Gasteiger partial charge in [-0.15, -0.1) is 0 Å². The van der Waals surface area contributed by atoms with Crippen molar-refractivity contribution in [2.24, 2.45) is 0 Å². The topological polar surface area (TPSA) is 66.0 Å². The summed E-state index contributed by atoms with van der Waals surface area (Å²) in [6.07, 6.45) is 3.49. The van der Waals surface area contributed by atoms with Gasteiger partial charge in [-0.2, -0.15) is 15.0 Å². The molecule has 19 heavy (non-hydrogen) atoms. The van der Waals surface area contributed by atoms with E-state index in [2.05, 4.69) is 51.3 Å². The van der Waals surface area contributed by atoms with Gasteiger partial charge in [0.25, 0.3) is 0 Å². The number of anilines is 3. The van der Waals surface area contributed by atoms with Crippen LogP contribution in [-0.2, 0) is 0 Å². The molecule has 0 radical (unpaired) electrons. The Balaban J connectivity index is 2.19. The maximum absolute atomic E-state index is 4.52. The summed E-state index contributed by atoms with van der Waals surface area (Å²) in [4.78, 5) is 15.7. The molecule has 1 saturated heterocycles. The largest absolute Gasteiger partial charge is 0.354 e. The van der Waals surface area contributed by atoms with Crippen molar-refractivity contribution in [3.05, 3.63) is 0 Å². The summed E-state index contributed by atoms with van der Waals surface area (Å²) in [5.74, 6) is 2.11. The Kier molecular flexibility index (Phi) is 4.76. The molecule has 0 aromatic carbocycles. The van der Waals surface area contributed by atoms with E-state index in [-0.39, 0.29) is 0 Å². The van der Waals surface area contributed by atoms with Gasteiger partial charge in [-0.05, 0) is 33.1 Å². The molecule has 2 heterocycles. The van der Waals surface area contributed by atoms with Crippen molar-refractivity contribution in [3.8, 4) is 0 Å². The minimum atomic E-state index is 0.313. The van der Waals surface area contributed by atoms with E-state index in [1.807, 2.05) is 0 Å². The van der Waals surface area contributed by atoms with Crippen LogP contribution in [0.3, 0.4) is 0 Å². The normalized spacial score (nSPS) is 15.1. The van der Waals surface area contributed by atoms with Gasteiger partial charge in [0.05, 0.1) is 0 Å². The van der Waals surface area contributed by atoms with Crippen LogP contribution in [-0.4, -0.2) is 40.6 Å². The Labute approximate surface area is 115 Å². The van der Waals surface area contributed by atoms with Gasteiger partial charge in [-0.1, -0.05) is 6.92 Å². The molecular weight excluding hydrogens is 240 g/mol. The van der Waals surface area contributed by atoms with E-state index in [0.29, 0.717) is 17.9 Å². The summed E-state index contributed by atoms with van der Waals surface area (Å²) in [6.45, 7) is 9.25. The number of nitrogens with zero attached hydrogens (tertiary/aromatic N) is 4. The van der Waals surface area contributed by atoms with Crippen molar-refractivity contribution < 1.29 is 0 Å². The molecule has 2 rings (SSSR count). The highest BCUT2D eigenvalue weighted by molar-refractivity contribution is 5.44. The molecule has 2 N–H and O–H groups in total. The van der Waals surface area contributed by atoms with Crippen molar-refractivity contribution in [1.29, 1.82) is 0 Å². The minimum Gasteiger partial charge on any atom is -0.354 e. The standard InChI is InChI=1S/C13H24N6/c1-4-7-14-11-16-12(15-10(2)3)18-13(17-11)19-8-5-6-9-19/h10H,4-9H2,1-3H3,(H2,14,15,16,17,18). The lowest BCUT2D eigenvalue weighted by Crippen LogP contribution is -2.23. The Morgan fingerprint density at radius 2 is 1.79 bits per heavy atom. The number of aromatic nitrogens is 3. The second-order valence-electron chi connectivity index (χ2n) is 5.20. The van der Waals surface area contributed by atoms with Crippen LogP contribution in [0.25, 0.3) is 0 Å². The van der Waals surface area contributed by atoms with Crippen molar-refractivity contribution >= 4 is 17.8 Å². The second-order valence-corrected chi connectivity index (χ2v) is 5.20. The van der Waals surface area contributed by atoms with E-state index in [9.17, 15) is 0 Å². The van der Waals surface area contributed by atoms with Crippen LogP contribution in [0, 0.1) is 0 Å². The molecule has 0 atom stereocenters. The van der Waals surface area contributed by atoms with Crippen LogP contribution in [0.2, 0.25) is 0 Å². The zero-order valence-corrected chi connectivity index (χ0v) is 12.1. The predicted molar refractivity (Wildman–Crippen MR) is 78.8 cm³/mol. The van der Waals surface area contributed by atoms with Crippen LogP contribution in [0.15, 0.2) is 0 Å². The number of hydrogen-bond acceptors (Lipinski definition) is 6. The first kappa shape index (κ1) is 13.8. The average Bonchev–Trinajstić information content (AvgIpc) is 2.89. The summed E-state index contributed by atoms with van der Waals surface area (Å²) >= 11 is 0. The van der Waals surface area contributed by atoms with Crippen LogP contribution < -0.4 is 15.5 Å². The van der Waals surface area contributed by atoms with E-state index in [1.165, 1.54) is 12.8 Å². The number of rotatable bonds is 6. The molecule has 0 aliphatic carbocycles. The summed E-state index contributed by atoms with van der Waals surface area (Å²) < 4.78 is 0.